The minimum absolute atomic E-state index is 0.184. The first-order chi connectivity index (χ1) is 43.8. The van der Waals surface area contributed by atoms with Gasteiger partial charge in [0.2, 0.25) is 5.91 Å². The second-order valence-corrected chi connectivity index (χ2v) is 27.1. The Bertz CT molecular complexity index is 1600. The molecule has 1 aliphatic heterocycles. The Hall–Kier alpha value is -2.11. The zero-order valence-electron chi connectivity index (χ0n) is 58.7. The van der Waals surface area contributed by atoms with Crippen molar-refractivity contribution < 1.29 is 39.8 Å². The summed E-state index contributed by atoms with van der Waals surface area (Å²) in [6.07, 6.45) is 89.4. The molecule has 0 spiro atoms. The highest BCUT2D eigenvalue weighted by Crippen LogP contribution is 2.24. The van der Waals surface area contributed by atoms with Crippen LogP contribution >= 0.6 is 0 Å². The molecule has 0 aromatic rings. The monoisotopic (exact) mass is 1250 g/mol. The SMILES string of the molecule is CCCCCCC/C=C\C/C=C\CCCCCCCCCCCCCCCCCCCCCCCC(=O)NC(COC1OC(CO)C(O)C(O)C1O)C(O)/C=C/CC/C=C/CC/C=C/CCCCCCCCCCCCCCCCCCCCCCCCC. The zero-order valence-corrected chi connectivity index (χ0v) is 58.7. The number of unbranched alkanes of at least 4 members (excludes halogenated alkanes) is 51. The van der Waals surface area contributed by atoms with Crippen LogP contribution in [0.3, 0.4) is 0 Å². The second-order valence-electron chi connectivity index (χ2n) is 27.1. The van der Waals surface area contributed by atoms with E-state index in [1.165, 1.54) is 315 Å². The number of aliphatic hydroxyl groups excluding tert-OH is 5. The molecular weight excluding hydrogens is 1100 g/mol. The number of hydrogen-bond acceptors (Lipinski definition) is 8. The molecule has 1 aliphatic rings. The molecule has 522 valence electrons. The smallest absolute Gasteiger partial charge is 0.220 e. The Kier molecular flexibility index (Phi) is 65.6. The number of carbonyl (C=O) groups is 1. The van der Waals surface area contributed by atoms with Gasteiger partial charge in [0.1, 0.15) is 24.4 Å². The number of aliphatic hydroxyl groups is 5. The number of hydrogen-bond donors (Lipinski definition) is 6. The average molecular weight is 1250 g/mol. The maximum Gasteiger partial charge on any atom is 0.220 e. The van der Waals surface area contributed by atoms with Crippen molar-refractivity contribution in [1.82, 2.24) is 5.32 Å². The van der Waals surface area contributed by atoms with Crippen molar-refractivity contribution in [3.05, 3.63) is 60.8 Å². The minimum atomic E-state index is -1.58. The molecule has 7 unspecified atom stereocenters. The van der Waals surface area contributed by atoms with Crippen molar-refractivity contribution >= 4 is 5.91 Å². The molecular formula is C80H149NO8. The Balaban J connectivity index is 2.11. The number of allylic oxidation sites excluding steroid dienone is 9. The van der Waals surface area contributed by atoms with Crippen LogP contribution in [0, 0.1) is 0 Å². The van der Waals surface area contributed by atoms with Crippen LogP contribution < -0.4 is 5.32 Å². The first-order valence-corrected chi connectivity index (χ1v) is 39.0. The highest BCUT2D eigenvalue weighted by Gasteiger charge is 2.44. The molecule has 1 amide bonds. The van der Waals surface area contributed by atoms with Crippen molar-refractivity contribution in [3.8, 4) is 0 Å². The molecule has 0 aromatic carbocycles. The van der Waals surface area contributed by atoms with Gasteiger partial charge in [-0.25, -0.2) is 0 Å². The lowest BCUT2D eigenvalue weighted by atomic mass is 9.99. The molecule has 0 aliphatic carbocycles. The fraction of sp³-hybridized carbons (Fsp3) is 0.863. The highest BCUT2D eigenvalue weighted by molar-refractivity contribution is 5.76. The first-order valence-electron chi connectivity index (χ1n) is 39.0. The van der Waals surface area contributed by atoms with Gasteiger partial charge in [-0.15, -0.1) is 0 Å². The quantitative estimate of drug-likeness (QED) is 0.0261. The summed E-state index contributed by atoms with van der Waals surface area (Å²) in [5, 5.41) is 54.8. The number of ether oxygens (including phenoxy) is 2. The summed E-state index contributed by atoms with van der Waals surface area (Å²) in [6, 6.07) is -0.831. The molecule has 1 heterocycles. The van der Waals surface area contributed by atoms with Gasteiger partial charge in [0.15, 0.2) is 6.29 Å². The molecule has 7 atom stereocenters. The largest absolute Gasteiger partial charge is 0.394 e. The van der Waals surface area contributed by atoms with E-state index in [0.29, 0.717) is 6.42 Å². The van der Waals surface area contributed by atoms with Gasteiger partial charge in [0.05, 0.1) is 25.4 Å². The number of amides is 1. The molecule has 0 aromatic heterocycles. The molecule has 89 heavy (non-hydrogen) atoms. The summed E-state index contributed by atoms with van der Waals surface area (Å²) in [6.45, 7) is 3.80. The summed E-state index contributed by atoms with van der Waals surface area (Å²) in [4.78, 5) is 13.2. The molecule has 1 rings (SSSR count). The third kappa shape index (κ3) is 57.1. The molecule has 9 nitrogen and oxygen atoms in total. The van der Waals surface area contributed by atoms with Gasteiger partial charge in [0.25, 0.3) is 0 Å². The van der Waals surface area contributed by atoms with Crippen LogP contribution in [-0.4, -0.2) is 87.5 Å². The van der Waals surface area contributed by atoms with Crippen molar-refractivity contribution in [1.29, 1.82) is 0 Å². The second kappa shape index (κ2) is 68.7. The van der Waals surface area contributed by atoms with Crippen LogP contribution in [0.4, 0.5) is 0 Å². The lowest BCUT2D eigenvalue weighted by Crippen LogP contribution is -2.60. The molecule has 0 radical (unpaired) electrons. The van der Waals surface area contributed by atoms with Gasteiger partial charge in [-0.2, -0.15) is 0 Å². The predicted octanol–water partition coefficient (Wildman–Crippen LogP) is 22.1. The van der Waals surface area contributed by atoms with E-state index in [0.717, 1.165) is 51.4 Å². The summed E-state index contributed by atoms with van der Waals surface area (Å²) >= 11 is 0. The lowest BCUT2D eigenvalue weighted by Gasteiger charge is -2.40. The fourth-order valence-electron chi connectivity index (χ4n) is 12.5. The Morgan fingerprint density at radius 1 is 0.382 bits per heavy atom. The van der Waals surface area contributed by atoms with Crippen molar-refractivity contribution in [2.45, 2.75) is 429 Å². The third-order valence-electron chi connectivity index (χ3n) is 18.5. The van der Waals surface area contributed by atoms with Crippen LogP contribution in [0.1, 0.15) is 386 Å². The Labute approximate surface area is 551 Å². The Morgan fingerprint density at radius 3 is 1.01 bits per heavy atom. The zero-order chi connectivity index (χ0) is 64.2. The van der Waals surface area contributed by atoms with E-state index < -0.39 is 49.5 Å². The van der Waals surface area contributed by atoms with Gasteiger partial charge >= 0.3 is 0 Å². The summed E-state index contributed by atoms with van der Waals surface area (Å²) in [5.41, 5.74) is 0. The van der Waals surface area contributed by atoms with Gasteiger partial charge in [-0.3, -0.25) is 4.79 Å². The number of nitrogens with one attached hydrogen (secondary N) is 1. The van der Waals surface area contributed by atoms with E-state index >= 15 is 0 Å². The summed E-state index contributed by atoms with van der Waals surface area (Å²) < 4.78 is 11.3. The topological polar surface area (TPSA) is 149 Å². The molecule has 9 heteroatoms. The van der Waals surface area contributed by atoms with E-state index in [-0.39, 0.29) is 12.5 Å². The Morgan fingerprint density at radius 2 is 0.674 bits per heavy atom. The predicted molar refractivity (Wildman–Crippen MR) is 382 cm³/mol. The van der Waals surface area contributed by atoms with Crippen LogP contribution in [0.2, 0.25) is 0 Å². The standard InChI is InChI=1S/C80H149NO8/c1-3-5-7-9-11-13-15-17-19-21-23-25-27-29-31-33-35-37-39-41-43-45-47-49-51-53-55-57-59-61-63-65-67-69-74(83)73(72-88-80-79(87)78(86)77(85)75(71-82)89-80)81-76(84)70-68-66-64-62-60-58-56-54-52-50-48-46-44-42-40-38-36-34-32-30-28-26-24-22-20-18-16-14-12-10-8-6-4-2/h16,18,22,24,51,53,59,61,67,69,73-75,77-80,82-83,85-87H,3-15,17,19-21,23,25-50,52,54-58,60,62-66,68,70-72H2,1-2H3,(H,81,84)/b18-16-,24-22-,53-51+,61-59+,69-67+. The molecule has 0 bridgehead atoms. The third-order valence-corrected chi connectivity index (χ3v) is 18.5. The molecule has 1 saturated heterocycles. The van der Waals surface area contributed by atoms with Crippen LogP contribution in [0.5, 0.6) is 0 Å². The number of carbonyl (C=O) groups excluding carboxylic acids is 1. The highest BCUT2D eigenvalue weighted by atomic mass is 16.7. The van der Waals surface area contributed by atoms with Gasteiger partial charge in [0, 0.05) is 6.42 Å². The fourth-order valence-corrected chi connectivity index (χ4v) is 12.5. The van der Waals surface area contributed by atoms with E-state index in [9.17, 15) is 30.3 Å². The van der Waals surface area contributed by atoms with Gasteiger partial charge < -0.3 is 40.3 Å². The lowest BCUT2D eigenvalue weighted by molar-refractivity contribution is -0.302. The average Bonchev–Trinajstić information content (AvgIpc) is 2.28. The minimum Gasteiger partial charge on any atom is -0.394 e. The number of rotatable bonds is 69. The molecule has 6 N–H and O–H groups in total. The van der Waals surface area contributed by atoms with Gasteiger partial charge in [-0.1, -0.05) is 364 Å². The van der Waals surface area contributed by atoms with Crippen LogP contribution in [-0.2, 0) is 14.3 Å². The van der Waals surface area contributed by atoms with Crippen LogP contribution in [0.15, 0.2) is 60.8 Å². The van der Waals surface area contributed by atoms with E-state index in [2.05, 4.69) is 67.8 Å². The van der Waals surface area contributed by atoms with Gasteiger partial charge in [-0.05, 0) is 77.0 Å². The van der Waals surface area contributed by atoms with E-state index in [1.807, 2.05) is 6.08 Å². The van der Waals surface area contributed by atoms with Crippen LogP contribution in [0.25, 0.3) is 0 Å². The van der Waals surface area contributed by atoms with E-state index in [1.54, 1.807) is 6.08 Å². The maximum absolute atomic E-state index is 13.2. The molecule has 1 fully saturated rings. The summed E-state index contributed by atoms with van der Waals surface area (Å²) in [5.74, 6) is -0.184. The van der Waals surface area contributed by atoms with Crippen molar-refractivity contribution in [2.24, 2.45) is 0 Å². The summed E-state index contributed by atoms with van der Waals surface area (Å²) in [7, 11) is 0. The molecule has 0 saturated carbocycles. The normalized spacial score (nSPS) is 18.1. The van der Waals surface area contributed by atoms with Crippen molar-refractivity contribution in [2.75, 3.05) is 13.2 Å². The van der Waals surface area contributed by atoms with E-state index in [4.69, 9.17) is 9.47 Å². The van der Waals surface area contributed by atoms with Crippen molar-refractivity contribution in [3.63, 3.8) is 0 Å². The maximum atomic E-state index is 13.2. The first kappa shape index (κ1) is 84.9.